The van der Waals surface area contributed by atoms with E-state index in [9.17, 15) is 0 Å². The van der Waals surface area contributed by atoms with Gasteiger partial charge in [0.05, 0.1) is 17.1 Å². The fraction of sp³-hybridized carbons (Fsp3) is 0.105. The molecular formula is C76H52Br3NS. The highest BCUT2D eigenvalue weighted by Gasteiger charge is 2.39. The number of anilines is 3. The predicted molar refractivity (Wildman–Crippen MR) is 359 cm³/mol. The van der Waals surface area contributed by atoms with Gasteiger partial charge in [0.25, 0.3) is 0 Å². The summed E-state index contributed by atoms with van der Waals surface area (Å²) in [5, 5.41) is 18.3. The van der Waals surface area contributed by atoms with Crippen molar-refractivity contribution in [3.05, 3.63) is 276 Å². The van der Waals surface area contributed by atoms with Crippen molar-refractivity contribution in [2.75, 3.05) is 4.90 Å². The van der Waals surface area contributed by atoms with Crippen LogP contribution in [-0.2, 0) is 23.7 Å². The lowest BCUT2D eigenvalue weighted by Gasteiger charge is -2.42. The van der Waals surface area contributed by atoms with Crippen LogP contribution in [0.15, 0.2) is 232 Å². The maximum Gasteiger partial charge on any atom is 0.0540 e. The highest BCUT2D eigenvalue weighted by atomic mass is 79.9. The molecule has 2 aliphatic carbocycles. The third-order valence-electron chi connectivity index (χ3n) is 18.4. The number of nitrogens with zero attached hydrogens (tertiary/aromatic N) is 1. The summed E-state index contributed by atoms with van der Waals surface area (Å²) < 4.78 is 6.13. The summed E-state index contributed by atoms with van der Waals surface area (Å²) >= 11 is 13.0. The average molecular weight is 1250 g/mol. The van der Waals surface area contributed by atoms with Gasteiger partial charge in [-0.2, -0.15) is 0 Å². The topological polar surface area (TPSA) is 3.24 Å². The number of hydrogen-bond acceptors (Lipinski definition) is 2. The van der Waals surface area contributed by atoms with Crippen LogP contribution >= 0.6 is 59.1 Å². The Morgan fingerprint density at radius 2 is 0.827 bits per heavy atom. The number of benzene rings is 14. The maximum atomic E-state index is 3.82. The van der Waals surface area contributed by atoms with E-state index in [4.69, 9.17) is 0 Å². The third-order valence-corrected chi connectivity index (χ3v) is 21.6. The molecule has 14 aromatic carbocycles. The van der Waals surface area contributed by atoms with Gasteiger partial charge in [-0.25, -0.2) is 0 Å². The summed E-state index contributed by atoms with van der Waals surface area (Å²) in [6.45, 7) is 9.50. The van der Waals surface area contributed by atoms with Crippen molar-refractivity contribution < 1.29 is 0 Å². The van der Waals surface area contributed by atoms with Crippen LogP contribution in [0.4, 0.5) is 17.1 Å². The molecule has 3 aliphatic rings. The van der Waals surface area contributed by atoms with E-state index in [-0.39, 0.29) is 10.8 Å². The van der Waals surface area contributed by atoms with Gasteiger partial charge in [-0.3, -0.25) is 0 Å². The van der Waals surface area contributed by atoms with E-state index in [1.54, 1.807) is 0 Å². The van der Waals surface area contributed by atoms with E-state index >= 15 is 0 Å². The summed E-state index contributed by atoms with van der Waals surface area (Å²) in [4.78, 5) is 2.53. The zero-order valence-corrected chi connectivity index (χ0v) is 50.8. The molecule has 0 N–H and O–H groups in total. The Kier molecular flexibility index (Phi) is 11.2. The molecule has 0 atom stereocenters. The van der Waals surface area contributed by atoms with Gasteiger partial charge in [0.15, 0.2) is 0 Å². The fourth-order valence-electron chi connectivity index (χ4n) is 14.5. The Labute approximate surface area is 500 Å². The zero-order valence-electron chi connectivity index (χ0n) is 45.2. The second kappa shape index (κ2) is 18.3. The molecular weight excluding hydrogens is 1200 g/mol. The molecule has 18 rings (SSSR count). The molecule has 1 aliphatic heterocycles. The molecule has 0 bridgehead atoms. The number of thiophene rings is 1. The van der Waals surface area contributed by atoms with E-state index in [0.717, 1.165) is 26.3 Å². The van der Waals surface area contributed by atoms with Crippen molar-refractivity contribution >= 4 is 161 Å². The quantitative estimate of drug-likeness (QED) is 0.148. The number of fused-ring (bicyclic) bond motifs is 10. The number of halogens is 3. The number of para-hydroxylation sites is 1. The fourth-order valence-corrected chi connectivity index (χ4v) is 17.0. The third kappa shape index (κ3) is 7.44. The minimum Gasteiger partial charge on any atom is -0.309 e. The molecule has 388 valence electrons. The second-order valence-electron chi connectivity index (χ2n) is 23.5. The average Bonchev–Trinajstić information content (AvgIpc) is 4.12. The van der Waals surface area contributed by atoms with E-state index < -0.39 is 0 Å². The monoisotopic (exact) mass is 1250 g/mol. The smallest absolute Gasteiger partial charge is 0.0540 e. The summed E-state index contributed by atoms with van der Waals surface area (Å²) in [6, 6.07) is 81.0. The largest absolute Gasteiger partial charge is 0.309 e. The minimum atomic E-state index is -0.131. The van der Waals surface area contributed by atoms with Crippen LogP contribution < -0.4 is 4.90 Å². The van der Waals surface area contributed by atoms with Crippen LogP contribution in [-0.4, -0.2) is 0 Å². The second-order valence-corrected chi connectivity index (χ2v) is 27.1. The first kappa shape index (κ1) is 49.4. The molecule has 0 amide bonds. The first-order chi connectivity index (χ1) is 39.4. The Bertz CT molecular complexity index is 5050. The van der Waals surface area contributed by atoms with Crippen LogP contribution in [0, 0.1) is 0 Å². The molecule has 15 aromatic rings. The molecule has 0 saturated heterocycles. The highest BCUT2D eigenvalue weighted by molar-refractivity contribution is 9.11. The van der Waals surface area contributed by atoms with Crippen molar-refractivity contribution in [1.29, 1.82) is 0 Å². The number of rotatable bonds is 1. The SMILES string of the molecule is Brc1ccc2ccc3c(Br)ccc4ccc1c2c43.CC1(C)c2ccccc2Cc2cc3c(cc21)-c1ccccc1C3.CC1(C)c2ccccc2N(c2ccc3ccc4c(Br)ccc5ccc2c3c54)c2cc3sc4ccccc4c3cc21. The molecule has 5 heteroatoms. The maximum absolute atomic E-state index is 3.82. The number of hydrogen-bond donors (Lipinski definition) is 0. The van der Waals surface area contributed by atoms with Gasteiger partial charge in [-0.15, -0.1) is 11.3 Å². The van der Waals surface area contributed by atoms with Gasteiger partial charge in [0.1, 0.15) is 0 Å². The minimum absolute atomic E-state index is 0.0801. The molecule has 0 fully saturated rings. The van der Waals surface area contributed by atoms with Gasteiger partial charge >= 0.3 is 0 Å². The summed E-state index contributed by atoms with van der Waals surface area (Å²) in [6.07, 6.45) is 2.15. The first-order valence-electron chi connectivity index (χ1n) is 28.0. The lowest BCUT2D eigenvalue weighted by Crippen LogP contribution is -2.30. The van der Waals surface area contributed by atoms with E-state index in [1.807, 2.05) is 11.3 Å². The van der Waals surface area contributed by atoms with Gasteiger partial charge in [-0.05, 0) is 182 Å². The Morgan fingerprint density at radius 3 is 1.49 bits per heavy atom. The van der Waals surface area contributed by atoms with Gasteiger partial charge in [0, 0.05) is 49.8 Å². The van der Waals surface area contributed by atoms with Gasteiger partial charge in [0.2, 0.25) is 0 Å². The van der Waals surface area contributed by atoms with Gasteiger partial charge < -0.3 is 4.90 Å². The zero-order chi connectivity index (χ0) is 54.6. The Hall–Kier alpha value is -7.38. The summed E-state index contributed by atoms with van der Waals surface area (Å²) in [5.41, 5.74) is 18.3. The molecule has 2 heterocycles. The van der Waals surface area contributed by atoms with Crippen molar-refractivity contribution in [2.24, 2.45) is 0 Å². The first-order valence-corrected chi connectivity index (χ1v) is 31.2. The Balaban J connectivity index is 0.000000111. The molecule has 0 spiro atoms. The molecule has 81 heavy (non-hydrogen) atoms. The summed E-state index contributed by atoms with van der Waals surface area (Å²) in [5.74, 6) is 0. The molecule has 1 aromatic heterocycles. The highest BCUT2D eigenvalue weighted by Crippen LogP contribution is 2.56. The standard InChI is InChI=1S/C37H24BrNS.C23H20.C16H8Br2/c1-37(2)27-8-4-5-9-31(27)39(32-20-34-26(19-28(32)37)23-7-3-6-10-33(23)40-34)30-18-14-22-11-15-24-29(38)17-13-21-12-16-25(30)36(22)35(21)24;1-23(2)21-10-6-4-8-16(21)12-18-13-17-11-15-7-3-5-9-19(15)20(17)14-22(18)23;17-13-8-4-10-2-6-12-14(18)7-3-9-1-5-11(13)16(10)15(9)12/h3-20H,1-2H3;3-10,13-14H,11-12H2,1-2H3;1-8H. The molecule has 0 radical (unpaired) electrons. The molecule has 0 saturated carbocycles. The van der Waals surface area contributed by atoms with Crippen LogP contribution in [0.2, 0.25) is 0 Å². The van der Waals surface area contributed by atoms with E-state index in [1.165, 1.54) is 158 Å². The van der Waals surface area contributed by atoms with Crippen LogP contribution in [0.25, 0.3) is 95.9 Å². The van der Waals surface area contributed by atoms with E-state index in [0.29, 0.717) is 0 Å². The van der Waals surface area contributed by atoms with Gasteiger partial charge in [-0.1, -0.05) is 239 Å². The molecule has 1 nitrogen and oxygen atoms in total. The predicted octanol–water partition coefficient (Wildman–Crippen LogP) is 23.4. The Morgan fingerprint density at radius 1 is 0.321 bits per heavy atom. The van der Waals surface area contributed by atoms with E-state index in [2.05, 4.69) is 299 Å². The van der Waals surface area contributed by atoms with Crippen LogP contribution in [0.5, 0.6) is 0 Å². The molecule has 0 unspecified atom stereocenters. The van der Waals surface area contributed by atoms with Crippen molar-refractivity contribution in [3.8, 4) is 11.1 Å². The summed E-state index contributed by atoms with van der Waals surface area (Å²) in [7, 11) is 0. The van der Waals surface area contributed by atoms with Crippen molar-refractivity contribution in [2.45, 2.75) is 51.4 Å². The van der Waals surface area contributed by atoms with Crippen LogP contribution in [0.1, 0.15) is 72.2 Å². The van der Waals surface area contributed by atoms with Crippen LogP contribution in [0.3, 0.4) is 0 Å². The lowest BCUT2D eigenvalue weighted by molar-refractivity contribution is 0.610. The lowest BCUT2D eigenvalue weighted by atomic mass is 9.68. The normalized spacial score (nSPS) is 14.4. The van der Waals surface area contributed by atoms with Crippen molar-refractivity contribution in [1.82, 2.24) is 0 Å². The van der Waals surface area contributed by atoms with Crippen molar-refractivity contribution in [3.63, 3.8) is 0 Å².